The number of ether oxygens (including phenoxy) is 2. The van der Waals surface area contributed by atoms with E-state index in [1.54, 1.807) is 17.2 Å². The van der Waals surface area contributed by atoms with Crippen LogP contribution in [0.5, 0.6) is 0 Å². The largest absolute Gasteiger partial charge is 0.465 e. The fraction of sp³-hybridized carbons (Fsp3) is 0.613. The summed E-state index contributed by atoms with van der Waals surface area (Å²) in [6, 6.07) is 8.03. The Kier molecular flexibility index (Phi) is 10.1. The molecule has 2 atom stereocenters. The van der Waals surface area contributed by atoms with Gasteiger partial charge in [-0.3, -0.25) is 0 Å². The van der Waals surface area contributed by atoms with Crippen molar-refractivity contribution in [2.75, 3.05) is 31.6 Å². The zero-order valence-electron chi connectivity index (χ0n) is 26.9. The van der Waals surface area contributed by atoms with Gasteiger partial charge in [-0.15, -0.1) is 0 Å². The molecule has 240 valence electrons. The van der Waals surface area contributed by atoms with Crippen molar-refractivity contribution in [3.63, 3.8) is 0 Å². The molecule has 0 aromatic carbocycles. The molecule has 1 N–H and O–H groups in total. The van der Waals surface area contributed by atoms with Crippen LogP contribution in [0, 0.1) is 0 Å². The molecule has 5 heterocycles. The van der Waals surface area contributed by atoms with Crippen LogP contribution in [0.25, 0.3) is 16.8 Å². The molecule has 3 aromatic rings. The molecular formula is C31H47ClN6O4Si2. The second-order valence-corrected chi connectivity index (χ2v) is 26.3. The van der Waals surface area contributed by atoms with Gasteiger partial charge >= 0.3 is 6.09 Å². The van der Waals surface area contributed by atoms with Gasteiger partial charge in [0.1, 0.15) is 24.4 Å². The lowest BCUT2D eigenvalue weighted by molar-refractivity contribution is 0.0934. The minimum Gasteiger partial charge on any atom is -0.465 e. The summed E-state index contributed by atoms with van der Waals surface area (Å²) in [6.07, 6.45) is 6.08. The number of rotatable bonds is 13. The second-order valence-electron chi connectivity index (χ2n) is 14.7. The number of carbonyl (C=O) groups is 1. The molecule has 44 heavy (non-hydrogen) atoms. The highest BCUT2D eigenvalue weighted by Crippen LogP contribution is 2.43. The molecule has 2 aliphatic rings. The van der Waals surface area contributed by atoms with E-state index >= 15 is 0 Å². The normalized spacial score (nSPS) is 20.4. The van der Waals surface area contributed by atoms with Crippen LogP contribution < -0.4 is 4.90 Å². The number of carboxylic acid groups (broad SMARTS) is 1. The minimum absolute atomic E-state index is 0.0217. The van der Waals surface area contributed by atoms with Crippen molar-refractivity contribution >= 4 is 45.3 Å². The maximum atomic E-state index is 12.0. The van der Waals surface area contributed by atoms with Crippen LogP contribution in [0.1, 0.15) is 37.3 Å². The Balaban J connectivity index is 1.52. The van der Waals surface area contributed by atoms with Crippen molar-refractivity contribution in [1.82, 2.24) is 24.5 Å². The fourth-order valence-corrected chi connectivity index (χ4v) is 7.77. The summed E-state index contributed by atoms with van der Waals surface area (Å²) in [5.41, 5.74) is 3.42. The number of hydrogen-bond acceptors (Lipinski definition) is 7. The highest BCUT2D eigenvalue weighted by Gasteiger charge is 2.44. The summed E-state index contributed by atoms with van der Waals surface area (Å²) in [7, 11) is -2.51. The summed E-state index contributed by atoms with van der Waals surface area (Å²) in [5, 5.41) is 15.1. The topological polar surface area (TPSA) is 105 Å². The molecule has 2 saturated heterocycles. The van der Waals surface area contributed by atoms with Gasteiger partial charge in [0.05, 0.1) is 6.20 Å². The van der Waals surface area contributed by atoms with Crippen molar-refractivity contribution < 1.29 is 19.4 Å². The molecular weight excluding hydrogens is 612 g/mol. The van der Waals surface area contributed by atoms with Crippen LogP contribution in [-0.2, 0) is 9.47 Å². The molecule has 2 fully saturated rings. The summed E-state index contributed by atoms with van der Waals surface area (Å²) in [5.74, 6) is 0.993. The van der Waals surface area contributed by atoms with Crippen molar-refractivity contribution in [3.05, 3.63) is 41.4 Å². The predicted octanol–water partition coefficient (Wildman–Crippen LogP) is 7.26. The van der Waals surface area contributed by atoms with E-state index in [0.29, 0.717) is 31.8 Å². The lowest BCUT2D eigenvalue weighted by Gasteiger charge is -2.37. The van der Waals surface area contributed by atoms with Crippen LogP contribution >= 0.6 is 11.6 Å². The first kappa shape index (κ1) is 32.9. The van der Waals surface area contributed by atoms with Crippen molar-refractivity contribution in [2.45, 2.75) is 95.1 Å². The quantitative estimate of drug-likeness (QED) is 0.0885. The molecule has 0 spiro atoms. The van der Waals surface area contributed by atoms with E-state index in [1.165, 1.54) is 0 Å². The van der Waals surface area contributed by atoms with E-state index < -0.39 is 22.2 Å². The number of amides is 1. The highest BCUT2D eigenvalue weighted by atomic mass is 35.5. The van der Waals surface area contributed by atoms with Gasteiger partial charge in [0.15, 0.2) is 5.65 Å². The Hall–Kier alpha value is -2.52. The number of aromatic nitrogens is 4. The zero-order valence-corrected chi connectivity index (χ0v) is 29.7. The van der Waals surface area contributed by atoms with Crippen molar-refractivity contribution in [2.24, 2.45) is 0 Å². The summed E-state index contributed by atoms with van der Waals surface area (Å²) < 4.78 is 14.4. The highest BCUT2D eigenvalue weighted by molar-refractivity contribution is 6.76. The number of nitrogens with zero attached hydrogens (tertiary/aromatic N) is 6. The molecule has 3 aromatic heterocycles. The van der Waals surface area contributed by atoms with Crippen molar-refractivity contribution in [3.8, 4) is 11.1 Å². The van der Waals surface area contributed by atoms with Gasteiger partial charge in [0, 0.05) is 76.4 Å². The van der Waals surface area contributed by atoms with Crippen LogP contribution in [0.3, 0.4) is 0 Å². The van der Waals surface area contributed by atoms with E-state index in [9.17, 15) is 9.90 Å². The first-order chi connectivity index (χ1) is 20.8. The average Bonchev–Trinajstić information content (AvgIpc) is 3.49. The molecule has 1 amide bonds. The molecule has 5 rings (SSSR count). The van der Waals surface area contributed by atoms with E-state index in [-0.39, 0.29) is 18.0 Å². The van der Waals surface area contributed by atoms with Crippen LogP contribution in [0.2, 0.25) is 56.5 Å². The monoisotopic (exact) mass is 658 g/mol. The van der Waals surface area contributed by atoms with Gasteiger partial charge in [-0.25, -0.2) is 14.8 Å². The Bertz CT molecular complexity index is 1410. The molecule has 13 heteroatoms. The number of fused-ring (bicyclic) bond motifs is 3. The lowest BCUT2D eigenvalue weighted by atomic mass is 9.88. The maximum absolute atomic E-state index is 12.0. The number of hydrogen-bond donors (Lipinski definition) is 1. The molecule has 0 saturated carbocycles. The van der Waals surface area contributed by atoms with Crippen LogP contribution in [0.4, 0.5) is 10.6 Å². The summed E-state index contributed by atoms with van der Waals surface area (Å²) in [4.78, 5) is 25.3. The fourth-order valence-electron chi connectivity index (χ4n) is 6.14. The molecule has 2 bridgehead atoms. The third kappa shape index (κ3) is 8.00. The van der Waals surface area contributed by atoms with Crippen LogP contribution in [-0.4, -0.2) is 90.6 Å². The lowest BCUT2D eigenvalue weighted by Crippen LogP contribution is -2.45. The average molecular weight is 659 g/mol. The summed E-state index contributed by atoms with van der Waals surface area (Å²) >= 11 is 6.11. The number of halogens is 1. The van der Waals surface area contributed by atoms with E-state index in [1.807, 2.05) is 16.8 Å². The van der Waals surface area contributed by atoms with E-state index in [0.717, 1.165) is 66.1 Å². The first-order valence-corrected chi connectivity index (χ1v) is 23.5. The van der Waals surface area contributed by atoms with Gasteiger partial charge in [-0.2, -0.15) is 9.61 Å². The smallest absolute Gasteiger partial charge is 0.407 e. The Morgan fingerprint density at radius 2 is 1.61 bits per heavy atom. The van der Waals surface area contributed by atoms with Gasteiger partial charge in [-0.1, -0.05) is 50.9 Å². The van der Waals surface area contributed by atoms with Crippen molar-refractivity contribution in [1.29, 1.82) is 0 Å². The third-order valence-corrected chi connectivity index (χ3v) is 12.3. The molecule has 2 unspecified atom stereocenters. The molecule has 0 radical (unpaired) electrons. The predicted molar refractivity (Wildman–Crippen MR) is 180 cm³/mol. The minimum atomic E-state index is -1.25. The molecule has 10 nitrogen and oxygen atoms in total. The van der Waals surface area contributed by atoms with Crippen LogP contribution in [0.15, 0.2) is 30.6 Å². The Labute approximate surface area is 267 Å². The SMILES string of the molecule is C[Si](C)(C)CCOCN(COCC[Si](C)(C)C)c1cc(C2CC3CCC(C2)N3C(=O)O)nc2c(-c3ccc(Cl)nc3)cnn12. The first-order valence-electron chi connectivity index (χ1n) is 15.7. The molecule has 0 aliphatic carbocycles. The second kappa shape index (κ2) is 13.5. The number of pyridine rings is 1. The Morgan fingerprint density at radius 3 is 2.14 bits per heavy atom. The Morgan fingerprint density at radius 1 is 1.00 bits per heavy atom. The number of piperidine rings is 1. The van der Waals surface area contributed by atoms with E-state index in [2.05, 4.69) is 55.2 Å². The number of anilines is 1. The third-order valence-electron chi connectivity index (χ3n) is 8.69. The van der Waals surface area contributed by atoms with Gasteiger partial charge < -0.3 is 24.4 Å². The molecule has 2 aliphatic heterocycles. The zero-order chi connectivity index (χ0) is 31.6. The van der Waals surface area contributed by atoms with E-state index in [4.69, 9.17) is 31.2 Å². The van der Waals surface area contributed by atoms with Gasteiger partial charge in [0.2, 0.25) is 0 Å². The maximum Gasteiger partial charge on any atom is 0.407 e. The van der Waals surface area contributed by atoms with Gasteiger partial charge in [0.25, 0.3) is 0 Å². The standard InChI is InChI=1S/C31H47ClN6O4Si2/c1-43(2,3)13-11-41-20-36(21-42-12-14-44(4,5)6)29-17-27(23-15-24-8-9-25(16-23)37(24)31(39)40)35-30-26(19-34-38(29)30)22-7-10-28(32)33-18-22/h7,10,17-19,23-25H,8-9,11-16,20-21H2,1-6H3,(H,39,40). The summed E-state index contributed by atoms with van der Waals surface area (Å²) in [6.45, 7) is 16.3. The van der Waals surface area contributed by atoms with Gasteiger partial charge in [-0.05, 0) is 49.9 Å².